The smallest absolute Gasteiger partial charge is 0.307 e. The summed E-state index contributed by atoms with van der Waals surface area (Å²) < 4.78 is 43.2. The molecule has 0 heterocycles. The van der Waals surface area contributed by atoms with Crippen molar-refractivity contribution in [3.05, 3.63) is 29.0 Å². The molecule has 0 aliphatic heterocycles. The summed E-state index contributed by atoms with van der Waals surface area (Å²) in [6, 6.07) is 2.90. The topological polar surface area (TPSA) is 116 Å². The molecule has 1 amide bonds. The van der Waals surface area contributed by atoms with Crippen molar-refractivity contribution in [2.24, 2.45) is 5.73 Å². The number of primary amides is 1. The number of nitrogens with two attached hydrogens (primary N) is 1. The van der Waals surface area contributed by atoms with Crippen molar-refractivity contribution < 1.29 is 27.1 Å². The summed E-state index contributed by atoms with van der Waals surface area (Å²) >= 11 is 5.49. The lowest BCUT2D eigenvalue weighted by Gasteiger charge is -2.07. The quantitative estimate of drug-likeness (QED) is 0.688. The molecule has 116 valence electrons. The van der Waals surface area contributed by atoms with E-state index in [-0.39, 0.29) is 22.9 Å². The van der Waals surface area contributed by atoms with Crippen molar-refractivity contribution in [3.63, 3.8) is 0 Å². The van der Waals surface area contributed by atoms with Crippen molar-refractivity contribution >= 4 is 33.5 Å². The summed E-state index contributed by atoms with van der Waals surface area (Å²) in [6.45, 7) is -0.825. The van der Waals surface area contributed by atoms with E-state index in [1.165, 1.54) is 0 Å². The van der Waals surface area contributed by atoms with Crippen LogP contribution < -0.4 is 10.5 Å². The second kappa shape index (κ2) is 7.34. The summed E-state index contributed by atoms with van der Waals surface area (Å²) in [5, 5.41) is -0.334. The van der Waals surface area contributed by atoms with Gasteiger partial charge in [0.25, 0.3) is 5.91 Å². The molecule has 0 aliphatic rings. The van der Waals surface area contributed by atoms with Crippen molar-refractivity contribution in [1.82, 2.24) is 4.72 Å². The van der Waals surface area contributed by atoms with E-state index in [1.807, 2.05) is 0 Å². The number of halogens is 2. The van der Waals surface area contributed by atoms with Gasteiger partial charge in [-0.05, 0) is 18.2 Å². The molecule has 0 saturated carbocycles. The number of benzene rings is 1. The van der Waals surface area contributed by atoms with Gasteiger partial charge in [0.1, 0.15) is 5.82 Å². The lowest BCUT2D eigenvalue weighted by atomic mass is 10.3. The Bertz CT molecular complexity index is 650. The maximum absolute atomic E-state index is 12.9. The van der Waals surface area contributed by atoms with E-state index in [2.05, 4.69) is 9.46 Å². The highest BCUT2D eigenvalue weighted by atomic mass is 35.5. The lowest BCUT2D eigenvalue weighted by Crippen LogP contribution is -2.28. The molecule has 7 nitrogen and oxygen atoms in total. The number of hydrogen-bond donors (Lipinski definition) is 2. The molecule has 0 atom stereocenters. The first-order valence-corrected chi connectivity index (χ1v) is 7.47. The average molecular weight is 339 g/mol. The monoisotopic (exact) mass is 338 g/mol. The predicted molar refractivity (Wildman–Crippen MR) is 71.4 cm³/mol. The van der Waals surface area contributed by atoms with Gasteiger partial charge in [-0.2, -0.15) is 0 Å². The van der Waals surface area contributed by atoms with Crippen LogP contribution >= 0.6 is 11.6 Å². The van der Waals surface area contributed by atoms with E-state index in [1.54, 1.807) is 0 Å². The molecule has 1 rings (SSSR count). The second-order valence-corrected chi connectivity index (χ2v) is 6.02. The zero-order valence-electron chi connectivity index (χ0n) is 10.6. The molecule has 0 aromatic heterocycles. The zero-order valence-corrected chi connectivity index (χ0v) is 12.2. The van der Waals surface area contributed by atoms with Crippen LogP contribution in [0.3, 0.4) is 0 Å². The van der Waals surface area contributed by atoms with Crippen LogP contribution in [0.2, 0.25) is 5.02 Å². The van der Waals surface area contributed by atoms with E-state index in [9.17, 15) is 22.4 Å². The Morgan fingerprint density at radius 2 is 2.05 bits per heavy atom. The van der Waals surface area contributed by atoms with Crippen LogP contribution in [0.5, 0.6) is 0 Å². The molecular formula is C11H12ClFN2O5S. The molecule has 21 heavy (non-hydrogen) atoms. The van der Waals surface area contributed by atoms with Gasteiger partial charge in [0.2, 0.25) is 10.0 Å². The van der Waals surface area contributed by atoms with Gasteiger partial charge in [-0.3, -0.25) is 9.59 Å². The van der Waals surface area contributed by atoms with Crippen molar-refractivity contribution in [3.8, 4) is 0 Å². The Hall–Kier alpha value is -1.71. The Morgan fingerprint density at radius 1 is 1.38 bits per heavy atom. The molecule has 1 aromatic rings. The van der Waals surface area contributed by atoms with E-state index in [4.69, 9.17) is 17.3 Å². The van der Waals surface area contributed by atoms with Crippen molar-refractivity contribution in [2.45, 2.75) is 11.3 Å². The van der Waals surface area contributed by atoms with Crippen LogP contribution in [0.25, 0.3) is 0 Å². The number of ether oxygens (including phenoxy) is 1. The zero-order chi connectivity index (χ0) is 16.0. The molecule has 0 bridgehead atoms. The Balaban J connectivity index is 2.55. The molecule has 1 aromatic carbocycles. The fourth-order valence-electron chi connectivity index (χ4n) is 1.24. The van der Waals surface area contributed by atoms with Crippen LogP contribution in [0.15, 0.2) is 23.1 Å². The van der Waals surface area contributed by atoms with Crippen LogP contribution in [-0.4, -0.2) is 33.4 Å². The Morgan fingerprint density at radius 3 is 2.62 bits per heavy atom. The number of nitrogens with one attached hydrogen (secondary N) is 1. The lowest BCUT2D eigenvalue weighted by molar-refractivity contribution is -0.147. The minimum absolute atomic E-state index is 0.237. The third kappa shape index (κ3) is 5.66. The fraction of sp³-hybridized carbons (Fsp3) is 0.273. The molecule has 10 heteroatoms. The number of carbonyl (C=O) groups excluding carboxylic acids is 2. The predicted octanol–water partition coefficient (Wildman–Crippen LogP) is 0.176. The SMILES string of the molecule is NC(=O)COC(=O)CCNS(=O)(=O)c1ccc(F)c(Cl)c1. The van der Waals surface area contributed by atoms with Gasteiger partial charge in [0.05, 0.1) is 16.3 Å². The number of amides is 1. The van der Waals surface area contributed by atoms with Gasteiger partial charge in [-0.1, -0.05) is 11.6 Å². The van der Waals surface area contributed by atoms with Crippen molar-refractivity contribution in [2.75, 3.05) is 13.2 Å². The van der Waals surface area contributed by atoms with Crippen LogP contribution in [0, 0.1) is 5.82 Å². The maximum atomic E-state index is 12.9. The van der Waals surface area contributed by atoms with Crippen LogP contribution in [0.4, 0.5) is 4.39 Å². The molecule has 0 spiro atoms. The molecule has 0 fully saturated rings. The molecule has 0 aliphatic carbocycles. The van der Waals surface area contributed by atoms with Crippen LogP contribution in [0.1, 0.15) is 6.42 Å². The molecule has 0 radical (unpaired) electrons. The minimum atomic E-state index is -3.93. The molecule has 0 saturated heterocycles. The molecular weight excluding hydrogens is 327 g/mol. The van der Waals surface area contributed by atoms with Gasteiger partial charge in [0, 0.05) is 6.54 Å². The van der Waals surface area contributed by atoms with Gasteiger partial charge >= 0.3 is 5.97 Å². The number of sulfonamides is 1. The Kier molecular flexibility index (Phi) is 6.06. The van der Waals surface area contributed by atoms with E-state index < -0.39 is 34.3 Å². The van der Waals surface area contributed by atoms with E-state index in [0.717, 1.165) is 18.2 Å². The summed E-state index contributed by atoms with van der Waals surface area (Å²) in [6.07, 6.45) is -0.290. The Labute approximate surface area is 125 Å². The van der Waals surface area contributed by atoms with E-state index >= 15 is 0 Å². The summed E-state index contributed by atoms with van der Waals surface area (Å²) in [5.41, 5.74) is 4.77. The fourth-order valence-corrected chi connectivity index (χ4v) is 2.54. The normalized spacial score (nSPS) is 11.1. The second-order valence-electron chi connectivity index (χ2n) is 3.85. The maximum Gasteiger partial charge on any atom is 0.307 e. The highest BCUT2D eigenvalue weighted by molar-refractivity contribution is 7.89. The van der Waals surface area contributed by atoms with Crippen LogP contribution in [-0.2, 0) is 24.3 Å². The standard InChI is InChI=1S/C11H12ClFN2O5S/c12-8-5-7(1-2-9(8)13)21(18,19)15-4-3-11(17)20-6-10(14)16/h1-2,5,15H,3-4,6H2,(H2,14,16). The first-order chi connectivity index (χ1) is 9.72. The summed E-state index contributed by atoms with van der Waals surface area (Å²) in [7, 11) is -3.93. The average Bonchev–Trinajstić information content (AvgIpc) is 2.39. The number of carbonyl (C=O) groups is 2. The summed E-state index contributed by atoms with van der Waals surface area (Å²) in [4.78, 5) is 21.3. The third-order valence-electron chi connectivity index (χ3n) is 2.20. The molecule has 0 unspecified atom stereocenters. The number of hydrogen-bond acceptors (Lipinski definition) is 5. The first kappa shape index (κ1) is 17.3. The highest BCUT2D eigenvalue weighted by Gasteiger charge is 2.16. The number of rotatable bonds is 7. The van der Waals surface area contributed by atoms with Gasteiger partial charge in [-0.15, -0.1) is 0 Å². The highest BCUT2D eigenvalue weighted by Crippen LogP contribution is 2.19. The van der Waals surface area contributed by atoms with Gasteiger partial charge in [0.15, 0.2) is 6.61 Å². The third-order valence-corrected chi connectivity index (χ3v) is 3.95. The number of esters is 1. The van der Waals surface area contributed by atoms with Gasteiger partial charge in [-0.25, -0.2) is 17.5 Å². The first-order valence-electron chi connectivity index (χ1n) is 5.61. The molecule has 3 N–H and O–H groups in total. The van der Waals surface area contributed by atoms with Crippen molar-refractivity contribution in [1.29, 1.82) is 0 Å². The van der Waals surface area contributed by atoms with E-state index in [0.29, 0.717) is 0 Å². The summed E-state index contributed by atoms with van der Waals surface area (Å²) in [5.74, 6) is -2.34. The largest absolute Gasteiger partial charge is 0.456 e. The minimum Gasteiger partial charge on any atom is -0.456 e. The van der Waals surface area contributed by atoms with Gasteiger partial charge < -0.3 is 10.5 Å².